The molecule has 0 aliphatic heterocycles. The van der Waals surface area contributed by atoms with Crippen molar-refractivity contribution >= 4 is 0 Å². The van der Waals surface area contributed by atoms with E-state index in [2.05, 4.69) is 4.98 Å². The Bertz CT molecular complexity index is 347. The van der Waals surface area contributed by atoms with Crippen molar-refractivity contribution in [1.29, 1.82) is 5.26 Å². The van der Waals surface area contributed by atoms with E-state index in [9.17, 15) is 4.79 Å². The van der Waals surface area contributed by atoms with Crippen LogP contribution in [0.4, 0.5) is 0 Å². The maximum Gasteiger partial charge on any atom is 0.249 e. The highest BCUT2D eigenvalue weighted by molar-refractivity contribution is 5.25. The number of aromatic amines is 1. The standard InChI is InChI=1S/C7H7N3O/c8-3-5-1-6(4-9)10-7(11)2-5/h1-2H,3,8H2,(H,10,11). The van der Waals surface area contributed by atoms with Crippen LogP contribution < -0.4 is 11.3 Å². The molecule has 0 fully saturated rings. The second-order valence-electron chi connectivity index (χ2n) is 2.08. The number of nitrogens with one attached hydrogen (secondary N) is 1. The smallest absolute Gasteiger partial charge is 0.249 e. The summed E-state index contributed by atoms with van der Waals surface area (Å²) in [5.74, 6) is 0. The van der Waals surface area contributed by atoms with Gasteiger partial charge in [-0.05, 0) is 11.6 Å². The minimum atomic E-state index is -0.287. The monoisotopic (exact) mass is 149 g/mol. The molecular formula is C7H7N3O. The van der Waals surface area contributed by atoms with E-state index in [1.54, 1.807) is 6.07 Å². The molecule has 4 heteroatoms. The quantitative estimate of drug-likeness (QED) is 0.575. The van der Waals surface area contributed by atoms with Crippen LogP contribution in [0.3, 0.4) is 0 Å². The van der Waals surface area contributed by atoms with Crippen molar-refractivity contribution in [3.63, 3.8) is 0 Å². The Morgan fingerprint density at radius 2 is 2.36 bits per heavy atom. The van der Waals surface area contributed by atoms with E-state index in [0.29, 0.717) is 5.56 Å². The van der Waals surface area contributed by atoms with Crippen LogP contribution in [0.15, 0.2) is 16.9 Å². The minimum absolute atomic E-state index is 0.248. The second-order valence-corrected chi connectivity index (χ2v) is 2.08. The lowest BCUT2D eigenvalue weighted by Crippen LogP contribution is -2.09. The molecule has 1 aromatic heterocycles. The van der Waals surface area contributed by atoms with Crippen LogP contribution in [-0.2, 0) is 6.54 Å². The fourth-order valence-electron chi connectivity index (χ4n) is 0.778. The highest BCUT2D eigenvalue weighted by atomic mass is 16.1. The number of pyridine rings is 1. The van der Waals surface area contributed by atoms with Gasteiger partial charge in [0.15, 0.2) is 0 Å². The van der Waals surface area contributed by atoms with Crippen molar-refractivity contribution < 1.29 is 0 Å². The van der Waals surface area contributed by atoms with Gasteiger partial charge in [-0.3, -0.25) is 4.79 Å². The van der Waals surface area contributed by atoms with Crippen molar-refractivity contribution in [3.05, 3.63) is 33.7 Å². The van der Waals surface area contributed by atoms with Crippen LogP contribution >= 0.6 is 0 Å². The molecule has 0 saturated heterocycles. The normalized spacial score (nSPS) is 9.09. The fraction of sp³-hybridized carbons (Fsp3) is 0.143. The lowest BCUT2D eigenvalue weighted by atomic mass is 10.2. The van der Waals surface area contributed by atoms with Gasteiger partial charge >= 0.3 is 0 Å². The molecule has 0 radical (unpaired) electrons. The van der Waals surface area contributed by atoms with E-state index in [-0.39, 0.29) is 17.8 Å². The van der Waals surface area contributed by atoms with Gasteiger partial charge in [0, 0.05) is 12.6 Å². The van der Waals surface area contributed by atoms with Crippen LogP contribution in [0.25, 0.3) is 0 Å². The summed E-state index contributed by atoms with van der Waals surface area (Å²) in [6.45, 7) is 0.276. The lowest BCUT2D eigenvalue weighted by Gasteiger charge is -1.94. The van der Waals surface area contributed by atoms with Gasteiger partial charge in [-0.2, -0.15) is 5.26 Å². The summed E-state index contributed by atoms with van der Waals surface area (Å²) < 4.78 is 0. The maximum atomic E-state index is 10.8. The van der Waals surface area contributed by atoms with E-state index in [4.69, 9.17) is 11.0 Å². The van der Waals surface area contributed by atoms with Crippen LogP contribution in [0.2, 0.25) is 0 Å². The predicted octanol–water partition coefficient (Wildman–Crippen LogP) is -0.295. The van der Waals surface area contributed by atoms with Gasteiger partial charge in [0.2, 0.25) is 5.56 Å². The number of nitriles is 1. The van der Waals surface area contributed by atoms with E-state index in [0.717, 1.165) is 0 Å². The molecule has 11 heavy (non-hydrogen) atoms. The van der Waals surface area contributed by atoms with Gasteiger partial charge in [0.05, 0.1) is 0 Å². The highest BCUT2D eigenvalue weighted by Gasteiger charge is 1.94. The lowest BCUT2D eigenvalue weighted by molar-refractivity contribution is 1.04. The Kier molecular flexibility index (Phi) is 2.04. The van der Waals surface area contributed by atoms with Crippen molar-refractivity contribution in [2.75, 3.05) is 0 Å². The third-order valence-corrected chi connectivity index (χ3v) is 1.26. The summed E-state index contributed by atoms with van der Waals surface area (Å²) in [6, 6.07) is 4.76. The summed E-state index contributed by atoms with van der Waals surface area (Å²) in [5, 5.41) is 8.42. The zero-order valence-corrected chi connectivity index (χ0v) is 5.79. The SMILES string of the molecule is N#Cc1cc(CN)cc(=O)[nH]1. The molecule has 0 unspecified atom stereocenters. The number of nitrogens with zero attached hydrogens (tertiary/aromatic N) is 1. The Morgan fingerprint density at radius 3 is 2.91 bits per heavy atom. The number of hydrogen-bond acceptors (Lipinski definition) is 3. The summed E-state index contributed by atoms with van der Waals surface area (Å²) in [5.41, 5.74) is 5.91. The largest absolute Gasteiger partial charge is 0.326 e. The molecule has 0 bridgehead atoms. The first kappa shape index (κ1) is 7.51. The van der Waals surface area contributed by atoms with Crippen LogP contribution in [0.1, 0.15) is 11.3 Å². The summed E-state index contributed by atoms with van der Waals surface area (Å²) in [7, 11) is 0. The third kappa shape index (κ3) is 1.66. The Balaban J connectivity index is 3.26. The van der Waals surface area contributed by atoms with Gasteiger partial charge < -0.3 is 10.7 Å². The predicted molar refractivity (Wildman–Crippen MR) is 39.7 cm³/mol. The summed E-state index contributed by atoms with van der Waals surface area (Å²) in [6.07, 6.45) is 0. The van der Waals surface area contributed by atoms with Crippen molar-refractivity contribution in [1.82, 2.24) is 4.98 Å². The van der Waals surface area contributed by atoms with Crippen LogP contribution in [0, 0.1) is 11.3 Å². The number of nitrogens with two attached hydrogens (primary N) is 1. The fourth-order valence-corrected chi connectivity index (χ4v) is 0.778. The zero-order valence-electron chi connectivity index (χ0n) is 5.79. The first-order valence-electron chi connectivity index (χ1n) is 3.09. The first-order valence-corrected chi connectivity index (χ1v) is 3.09. The molecule has 0 aliphatic carbocycles. The first-order chi connectivity index (χ1) is 5.26. The number of hydrogen-bond donors (Lipinski definition) is 2. The molecule has 0 spiro atoms. The highest BCUT2D eigenvalue weighted by Crippen LogP contribution is 1.94. The van der Waals surface area contributed by atoms with Gasteiger partial charge in [-0.15, -0.1) is 0 Å². The van der Waals surface area contributed by atoms with E-state index in [1.807, 2.05) is 6.07 Å². The molecule has 56 valence electrons. The molecule has 1 heterocycles. The molecule has 3 N–H and O–H groups in total. The number of rotatable bonds is 1. The van der Waals surface area contributed by atoms with Gasteiger partial charge in [0.1, 0.15) is 11.8 Å². The summed E-state index contributed by atoms with van der Waals surface area (Å²) in [4.78, 5) is 13.1. The number of H-pyrrole nitrogens is 1. The topological polar surface area (TPSA) is 82.7 Å². The molecule has 0 aliphatic rings. The third-order valence-electron chi connectivity index (χ3n) is 1.26. The molecule has 0 atom stereocenters. The van der Waals surface area contributed by atoms with Crippen molar-refractivity contribution in [2.45, 2.75) is 6.54 Å². The van der Waals surface area contributed by atoms with Crippen molar-refractivity contribution in [3.8, 4) is 6.07 Å². The van der Waals surface area contributed by atoms with Gasteiger partial charge in [-0.25, -0.2) is 0 Å². The molecule has 0 amide bonds. The minimum Gasteiger partial charge on any atom is -0.326 e. The molecular weight excluding hydrogens is 142 g/mol. The maximum absolute atomic E-state index is 10.8. The Morgan fingerprint density at radius 1 is 1.64 bits per heavy atom. The zero-order chi connectivity index (χ0) is 8.27. The Hall–Kier alpha value is -1.60. The molecule has 4 nitrogen and oxygen atoms in total. The van der Waals surface area contributed by atoms with Gasteiger partial charge in [-0.1, -0.05) is 0 Å². The molecule has 1 rings (SSSR count). The molecule has 1 aromatic rings. The summed E-state index contributed by atoms with van der Waals surface area (Å²) >= 11 is 0. The molecule has 0 saturated carbocycles. The average Bonchev–Trinajstić information content (AvgIpc) is 2.03. The Labute approximate surface area is 63.3 Å². The average molecular weight is 149 g/mol. The van der Waals surface area contributed by atoms with E-state index < -0.39 is 0 Å². The van der Waals surface area contributed by atoms with Crippen LogP contribution in [-0.4, -0.2) is 4.98 Å². The van der Waals surface area contributed by atoms with Gasteiger partial charge in [0.25, 0.3) is 0 Å². The van der Waals surface area contributed by atoms with Crippen molar-refractivity contribution in [2.24, 2.45) is 5.73 Å². The number of aromatic nitrogens is 1. The molecule has 0 aromatic carbocycles. The van der Waals surface area contributed by atoms with E-state index >= 15 is 0 Å². The van der Waals surface area contributed by atoms with E-state index in [1.165, 1.54) is 6.07 Å². The van der Waals surface area contributed by atoms with Crippen LogP contribution in [0.5, 0.6) is 0 Å². The second kappa shape index (κ2) is 2.99.